The quantitative estimate of drug-likeness (QED) is 0.651. The summed E-state index contributed by atoms with van der Waals surface area (Å²) in [5.74, 6) is -0.447. The number of fused-ring (bicyclic) bond motifs is 1. The molecule has 160 valence electrons. The number of aromatic nitrogens is 1. The van der Waals surface area contributed by atoms with E-state index in [1.165, 1.54) is 18.9 Å². The van der Waals surface area contributed by atoms with E-state index < -0.39 is 11.6 Å². The van der Waals surface area contributed by atoms with Crippen LogP contribution in [0.1, 0.15) is 48.3 Å². The molecule has 1 aromatic heterocycles. The van der Waals surface area contributed by atoms with Crippen molar-refractivity contribution >= 4 is 33.7 Å². The van der Waals surface area contributed by atoms with E-state index in [2.05, 4.69) is 32.3 Å². The van der Waals surface area contributed by atoms with E-state index in [0.717, 1.165) is 16.5 Å². The minimum atomic E-state index is -0.587. The van der Waals surface area contributed by atoms with Gasteiger partial charge in [0.2, 0.25) is 0 Å². The topological polar surface area (TPSA) is 80.8 Å². The van der Waals surface area contributed by atoms with Crippen LogP contribution in [-0.2, 0) is 15.9 Å². The maximum Gasteiger partial charge on any atom is 0.410 e. The Kier molecular flexibility index (Phi) is 6.65. The molecule has 1 aliphatic rings. The average molecular weight is 476 g/mol. The van der Waals surface area contributed by atoms with Crippen LogP contribution in [0.2, 0.25) is 0 Å². The van der Waals surface area contributed by atoms with Gasteiger partial charge in [-0.15, -0.1) is 0 Å². The van der Waals surface area contributed by atoms with Crippen LogP contribution in [0.15, 0.2) is 41.1 Å². The molecular weight excluding hydrogens is 450 g/mol. The van der Waals surface area contributed by atoms with Gasteiger partial charge in [0, 0.05) is 23.8 Å². The van der Waals surface area contributed by atoms with Crippen molar-refractivity contribution in [2.24, 2.45) is 0 Å². The average Bonchev–Trinajstić information content (AvgIpc) is 2.70. The molecule has 0 radical (unpaired) electrons. The molecule has 1 amide bonds. The number of hydrogen-bond acceptors (Lipinski definition) is 6. The first-order valence-electron chi connectivity index (χ1n) is 9.74. The summed E-state index contributed by atoms with van der Waals surface area (Å²) in [5.41, 5.74) is 2.58. The van der Waals surface area contributed by atoms with Crippen molar-refractivity contribution in [3.8, 4) is 0 Å². The second-order valence-electron chi connectivity index (χ2n) is 8.08. The molecule has 3 rings (SSSR count). The third-order valence-electron chi connectivity index (χ3n) is 4.80. The summed E-state index contributed by atoms with van der Waals surface area (Å²) >= 11 is 3.52. The van der Waals surface area contributed by atoms with Crippen molar-refractivity contribution in [1.82, 2.24) is 9.88 Å². The molecule has 1 atom stereocenters. The predicted octanol–water partition coefficient (Wildman–Crippen LogP) is 4.58. The Morgan fingerprint density at radius 1 is 1.30 bits per heavy atom. The number of carbonyl (C=O) groups is 2. The number of carbonyl (C=O) groups excluding carboxylic acids is 2. The van der Waals surface area contributed by atoms with Crippen molar-refractivity contribution in [1.29, 1.82) is 0 Å². The van der Waals surface area contributed by atoms with Gasteiger partial charge >= 0.3 is 12.1 Å². The Labute approximate surface area is 184 Å². The van der Waals surface area contributed by atoms with Crippen LogP contribution >= 0.6 is 15.9 Å². The van der Waals surface area contributed by atoms with Gasteiger partial charge in [-0.2, -0.15) is 0 Å². The molecule has 1 N–H and O–H groups in total. The molecule has 1 aliphatic heterocycles. The number of halogens is 1. The molecule has 0 aliphatic carbocycles. The minimum Gasteiger partial charge on any atom is -0.465 e. The molecule has 7 nitrogen and oxygen atoms in total. The number of nitrogens with one attached hydrogen (secondary N) is 1. The molecule has 0 spiro atoms. The third-order valence-corrected chi connectivity index (χ3v) is 5.30. The Balaban J connectivity index is 1.90. The monoisotopic (exact) mass is 475 g/mol. The number of rotatable bonds is 4. The Bertz CT molecular complexity index is 942. The van der Waals surface area contributed by atoms with Crippen LogP contribution in [0.5, 0.6) is 0 Å². The van der Waals surface area contributed by atoms with Gasteiger partial charge in [0.1, 0.15) is 5.60 Å². The highest BCUT2D eigenvalue weighted by molar-refractivity contribution is 9.10. The molecule has 0 saturated heterocycles. The highest BCUT2D eigenvalue weighted by atomic mass is 79.9. The first kappa shape index (κ1) is 22.1. The number of nitrogens with zero attached hydrogens (tertiary/aromatic N) is 2. The lowest BCUT2D eigenvalue weighted by Gasteiger charge is -2.38. The van der Waals surface area contributed by atoms with Gasteiger partial charge in [-0.25, -0.2) is 9.59 Å². The largest absolute Gasteiger partial charge is 0.465 e. The third kappa shape index (κ3) is 5.11. The van der Waals surface area contributed by atoms with Gasteiger partial charge in [-0.1, -0.05) is 22.0 Å². The van der Waals surface area contributed by atoms with Crippen LogP contribution in [0, 0.1) is 0 Å². The summed E-state index contributed by atoms with van der Waals surface area (Å²) in [5, 5.41) is 3.28. The fourth-order valence-corrected chi connectivity index (χ4v) is 3.88. The van der Waals surface area contributed by atoms with Crippen LogP contribution in [0.4, 0.5) is 10.5 Å². The summed E-state index contributed by atoms with van der Waals surface area (Å²) in [6.07, 6.45) is 3.50. The molecular formula is C22H26BrN3O4. The van der Waals surface area contributed by atoms with Crippen molar-refractivity contribution in [3.63, 3.8) is 0 Å². The molecule has 8 heteroatoms. The number of hydrogen-bond donors (Lipinski definition) is 1. The number of ether oxygens (including phenoxy) is 2. The molecule has 1 unspecified atom stereocenters. The number of pyridine rings is 1. The molecule has 0 fully saturated rings. The van der Waals surface area contributed by atoms with E-state index in [0.29, 0.717) is 24.3 Å². The molecule has 1 aromatic carbocycles. The van der Waals surface area contributed by atoms with Crippen molar-refractivity contribution < 1.29 is 19.1 Å². The smallest absolute Gasteiger partial charge is 0.410 e. The molecule has 0 saturated carbocycles. The predicted molar refractivity (Wildman–Crippen MR) is 118 cm³/mol. The van der Waals surface area contributed by atoms with Gasteiger partial charge in [0.25, 0.3) is 0 Å². The zero-order chi connectivity index (χ0) is 21.9. The van der Waals surface area contributed by atoms with E-state index >= 15 is 0 Å². The van der Waals surface area contributed by atoms with Crippen LogP contribution < -0.4 is 5.32 Å². The second kappa shape index (κ2) is 9.04. The first-order valence-corrected chi connectivity index (χ1v) is 10.5. The van der Waals surface area contributed by atoms with Gasteiger partial charge in [-0.05, 0) is 56.5 Å². The molecule has 2 heterocycles. The lowest BCUT2D eigenvalue weighted by molar-refractivity contribution is 0.0153. The standard InChI is InChI=1S/C22H26BrN3O4/c1-22(2,3)30-21(28)26-10-8-14-11-15(23)5-6-16(14)19(26)13-25-18-12-24-9-7-17(18)20(27)29-4/h5-7,9,11-12,19,25H,8,10,13H2,1-4H3. The summed E-state index contributed by atoms with van der Waals surface area (Å²) in [6.45, 7) is 6.49. The van der Waals surface area contributed by atoms with Crippen LogP contribution in [0.3, 0.4) is 0 Å². The van der Waals surface area contributed by atoms with E-state index in [-0.39, 0.29) is 12.1 Å². The Morgan fingerprint density at radius 2 is 2.07 bits per heavy atom. The Morgan fingerprint density at radius 3 is 2.77 bits per heavy atom. The van der Waals surface area contributed by atoms with Crippen LogP contribution in [0.25, 0.3) is 0 Å². The fourth-order valence-electron chi connectivity index (χ4n) is 3.47. The highest BCUT2D eigenvalue weighted by Gasteiger charge is 2.33. The molecule has 0 bridgehead atoms. The zero-order valence-corrected chi connectivity index (χ0v) is 19.2. The first-order chi connectivity index (χ1) is 14.2. The van der Waals surface area contributed by atoms with Gasteiger partial charge in [-0.3, -0.25) is 9.88 Å². The van der Waals surface area contributed by atoms with Gasteiger partial charge in [0.15, 0.2) is 0 Å². The lowest BCUT2D eigenvalue weighted by Crippen LogP contribution is -2.45. The van der Waals surface area contributed by atoms with Crippen LogP contribution in [-0.4, -0.2) is 47.7 Å². The van der Waals surface area contributed by atoms with Crippen molar-refractivity contribution in [2.75, 3.05) is 25.5 Å². The van der Waals surface area contributed by atoms with Gasteiger partial charge < -0.3 is 14.8 Å². The highest BCUT2D eigenvalue weighted by Crippen LogP contribution is 2.33. The number of benzene rings is 1. The number of amides is 1. The minimum absolute atomic E-state index is 0.262. The maximum absolute atomic E-state index is 12.9. The van der Waals surface area contributed by atoms with Crippen molar-refractivity contribution in [2.45, 2.75) is 38.8 Å². The normalized spacial score (nSPS) is 15.9. The fraction of sp³-hybridized carbons (Fsp3) is 0.409. The summed E-state index contributed by atoms with van der Waals surface area (Å²) < 4.78 is 11.5. The summed E-state index contributed by atoms with van der Waals surface area (Å²) in [4.78, 5) is 30.8. The Hall–Kier alpha value is -2.61. The zero-order valence-electron chi connectivity index (χ0n) is 17.6. The van der Waals surface area contributed by atoms with E-state index in [9.17, 15) is 9.59 Å². The maximum atomic E-state index is 12.9. The molecule has 30 heavy (non-hydrogen) atoms. The number of esters is 1. The van der Waals surface area contributed by atoms with E-state index in [1.807, 2.05) is 32.9 Å². The summed E-state index contributed by atoms with van der Waals surface area (Å²) in [6, 6.07) is 7.41. The summed E-state index contributed by atoms with van der Waals surface area (Å²) in [7, 11) is 1.34. The second-order valence-corrected chi connectivity index (χ2v) is 8.99. The number of anilines is 1. The van der Waals surface area contributed by atoms with Crippen molar-refractivity contribution in [3.05, 3.63) is 57.8 Å². The van der Waals surface area contributed by atoms with E-state index in [1.54, 1.807) is 17.2 Å². The molecule has 2 aromatic rings. The van der Waals surface area contributed by atoms with E-state index in [4.69, 9.17) is 9.47 Å². The van der Waals surface area contributed by atoms with Gasteiger partial charge in [0.05, 0.1) is 30.6 Å². The number of methoxy groups -OCH3 is 1. The SMILES string of the molecule is COC(=O)c1ccncc1NCC1c2ccc(Br)cc2CCN1C(=O)OC(C)(C)C. The lowest BCUT2D eigenvalue weighted by atomic mass is 9.92.